The molecule has 4 heteroatoms. The summed E-state index contributed by atoms with van der Waals surface area (Å²) in [5, 5.41) is 4.72. The van der Waals surface area contributed by atoms with Crippen LogP contribution in [0.5, 0.6) is 0 Å². The maximum absolute atomic E-state index is 4.29. The van der Waals surface area contributed by atoms with E-state index in [1.165, 1.54) is 10.9 Å². The predicted molar refractivity (Wildman–Crippen MR) is 70.9 cm³/mol. The molecule has 3 nitrogen and oxygen atoms in total. The Morgan fingerprint density at radius 1 is 1.56 bits per heavy atom. The van der Waals surface area contributed by atoms with Crippen molar-refractivity contribution in [2.75, 3.05) is 18.6 Å². The van der Waals surface area contributed by atoms with E-state index in [0.717, 1.165) is 17.9 Å². The van der Waals surface area contributed by atoms with Crippen LogP contribution in [0.25, 0.3) is 11.0 Å². The fraction of sp³-hybridized carbons (Fsp3) is 0.417. The van der Waals surface area contributed by atoms with Crippen molar-refractivity contribution in [3.05, 3.63) is 30.1 Å². The van der Waals surface area contributed by atoms with Crippen molar-refractivity contribution in [2.24, 2.45) is 0 Å². The fourth-order valence-electron chi connectivity index (χ4n) is 1.82. The smallest absolute Gasteiger partial charge is 0.137 e. The Labute approximate surface area is 100 Å². The number of H-pyrrole nitrogens is 1. The molecule has 0 aromatic carbocycles. The number of aromatic nitrogens is 2. The van der Waals surface area contributed by atoms with Gasteiger partial charge in [0.15, 0.2) is 0 Å². The van der Waals surface area contributed by atoms with Gasteiger partial charge in [-0.15, -0.1) is 0 Å². The number of fused-ring (bicyclic) bond motifs is 1. The Hall–Kier alpha value is -1.00. The third-order valence-corrected chi connectivity index (χ3v) is 3.32. The lowest BCUT2D eigenvalue weighted by molar-refractivity contribution is 0.605. The maximum Gasteiger partial charge on any atom is 0.137 e. The van der Waals surface area contributed by atoms with Crippen molar-refractivity contribution < 1.29 is 0 Å². The number of thioether (sulfide) groups is 1. The molecule has 2 rings (SSSR count). The monoisotopic (exact) mass is 235 g/mol. The number of pyridine rings is 1. The van der Waals surface area contributed by atoms with Crippen molar-refractivity contribution in [1.82, 2.24) is 15.3 Å². The molecule has 0 saturated heterocycles. The molecule has 0 aliphatic heterocycles. The van der Waals surface area contributed by atoms with E-state index in [2.05, 4.69) is 40.7 Å². The maximum atomic E-state index is 4.29. The molecule has 2 aromatic heterocycles. The molecule has 1 atom stereocenters. The lowest BCUT2D eigenvalue weighted by Gasteiger charge is -2.12. The summed E-state index contributed by atoms with van der Waals surface area (Å²) in [6, 6.07) is 4.46. The summed E-state index contributed by atoms with van der Waals surface area (Å²) in [5.74, 6) is 1.14. The Morgan fingerprint density at radius 2 is 2.44 bits per heavy atom. The van der Waals surface area contributed by atoms with Gasteiger partial charge in [-0.1, -0.05) is 0 Å². The molecule has 86 valence electrons. The molecule has 0 aliphatic rings. The number of nitrogens with one attached hydrogen (secondary N) is 2. The third-order valence-electron chi connectivity index (χ3n) is 2.71. The van der Waals surface area contributed by atoms with Gasteiger partial charge in [0.2, 0.25) is 0 Å². The number of hydrogen-bond acceptors (Lipinski definition) is 3. The van der Waals surface area contributed by atoms with E-state index in [1.54, 1.807) is 0 Å². The van der Waals surface area contributed by atoms with Crippen molar-refractivity contribution in [3.63, 3.8) is 0 Å². The second-order valence-corrected chi connectivity index (χ2v) is 4.80. The van der Waals surface area contributed by atoms with Crippen LogP contribution in [0.3, 0.4) is 0 Å². The Balaban J connectivity index is 2.13. The zero-order valence-corrected chi connectivity index (χ0v) is 10.5. The lowest BCUT2D eigenvalue weighted by atomic mass is 10.1. The quantitative estimate of drug-likeness (QED) is 0.783. The first-order chi connectivity index (χ1) is 7.83. The molecular weight excluding hydrogens is 218 g/mol. The van der Waals surface area contributed by atoms with Gasteiger partial charge >= 0.3 is 0 Å². The molecule has 0 fully saturated rings. The molecule has 2 heterocycles. The van der Waals surface area contributed by atoms with Crippen LogP contribution >= 0.6 is 11.8 Å². The SMILES string of the molecule is CSCCNC(C)c1c[nH]c2ncccc12. The summed E-state index contributed by atoms with van der Waals surface area (Å²) < 4.78 is 0. The molecule has 0 saturated carbocycles. The van der Waals surface area contributed by atoms with Gasteiger partial charge in [-0.05, 0) is 30.9 Å². The highest BCUT2D eigenvalue weighted by Crippen LogP contribution is 2.22. The van der Waals surface area contributed by atoms with Gasteiger partial charge in [-0.25, -0.2) is 4.98 Å². The van der Waals surface area contributed by atoms with Crippen molar-refractivity contribution in [2.45, 2.75) is 13.0 Å². The van der Waals surface area contributed by atoms with Gasteiger partial charge in [0, 0.05) is 36.1 Å². The minimum Gasteiger partial charge on any atom is -0.346 e. The normalized spacial score (nSPS) is 13.1. The van der Waals surface area contributed by atoms with Gasteiger partial charge < -0.3 is 10.3 Å². The fourth-order valence-corrected chi connectivity index (χ4v) is 2.14. The first-order valence-electron chi connectivity index (χ1n) is 5.47. The predicted octanol–water partition coefficient (Wildman–Crippen LogP) is 2.58. The molecule has 0 amide bonds. The molecule has 1 unspecified atom stereocenters. The molecule has 16 heavy (non-hydrogen) atoms. The lowest BCUT2D eigenvalue weighted by Crippen LogP contribution is -2.21. The summed E-state index contributed by atoms with van der Waals surface area (Å²) in [6.45, 7) is 3.23. The van der Waals surface area contributed by atoms with E-state index < -0.39 is 0 Å². The van der Waals surface area contributed by atoms with Gasteiger partial charge in [-0.2, -0.15) is 11.8 Å². The average molecular weight is 235 g/mol. The van der Waals surface area contributed by atoms with Crippen LogP contribution in [0.15, 0.2) is 24.5 Å². The van der Waals surface area contributed by atoms with Gasteiger partial charge in [0.1, 0.15) is 5.65 Å². The number of aromatic amines is 1. The van der Waals surface area contributed by atoms with Crippen LogP contribution < -0.4 is 5.32 Å². The minimum absolute atomic E-state index is 0.366. The highest BCUT2D eigenvalue weighted by atomic mass is 32.2. The minimum atomic E-state index is 0.366. The van der Waals surface area contributed by atoms with E-state index in [-0.39, 0.29) is 0 Å². The second kappa shape index (κ2) is 5.37. The molecule has 0 aliphatic carbocycles. The van der Waals surface area contributed by atoms with Crippen LogP contribution in [-0.2, 0) is 0 Å². The largest absolute Gasteiger partial charge is 0.346 e. The molecule has 0 spiro atoms. The Bertz CT molecular complexity index is 452. The molecular formula is C12H17N3S. The van der Waals surface area contributed by atoms with E-state index in [4.69, 9.17) is 0 Å². The summed E-state index contributed by atoms with van der Waals surface area (Å²) in [5.41, 5.74) is 2.26. The van der Waals surface area contributed by atoms with E-state index >= 15 is 0 Å². The summed E-state index contributed by atoms with van der Waals surface area (Å²) >= 11 is 1.86. The average Bonchev–Trinajstić information content (AvgIpc) is 2.73. The van der Waals surface area contributed by atoms with Gasteiger partial charge in [0.05, 0.1) is 0 Å². The number of rotatable bonds is 5. The van der Waals surface area contributed by atoms with Crippen LogP contribution in [0.2, 0.25) is 0 Å². The summed E-state index contributed by atoms with van der Waals surface area (Å²) in [7, 11) is 0. The molecule has 2 aromatic rings. The van der Waals surface area contributed by atoms with Crippen molar-refractivity contribution in [1.29, 1.82) is 0 Å². The highest BCUT2D eigenvalue weighted by Gasteiger charge is 2.10. The topological polar surface area (TPSA) is 40.7 Å². The van der Waals surface area contributed by atoms with Crippen LogP contribution in [0.4, 0.5) is 0 Å². The Kier molecular flexibility index (Phi) is 3.85. The molecule has 0 radical (unpaired) electrons. The van der Waals surface area contributed by atoms with E-state index in [9.17, 15) is 0 Å². The van der Waals surface area contributed by atoms with Gasteiger partial charge in [-0.3, -0.25) is 0 Å². The van der Waals surface area contributed by atoms with Crippen LogP contribution in [0.1, 0.15) is 18.5 Å². The second-order valence-electron chi connectivity index (χ2n) is 3.81. The zero-order valence-electron chi connectivity index (χ0n) is 9.66. The molecule has 0 bridgehead atoms. The Morgan fingerprint density at radius 3 is 3.25 bits per heavy atom. The first kappa shape index (κ1) is 11.5. The van der Waals surface area contributed by atoms with E-state index in [0.29, 0.717) is 6.04 Å². The summed E-state index contributed by atoms with van der Waals surface area (Å²) in [4.78, 5) is 7.50. The van der Waals surface area contributed by atoms with Crippen LogP contribution in [0, 0.1) is 0 Å². The first-order valence-corrected chi connectivity index (χ1v) is 6.86. The van der Waals surface area contributed by atoms with Crippen LogP contribution in [-0.4, -0.2) is 28.5 Å². The standard InChI is InChI=1S/C12H17N3S/c1-9(13-6-7-16-2)11-8-15-12-10(11)4-3-5-14-12/h3-5,8-9,13H,6-7H2,1-2H3,(H,14,15). The van der Waals surface area contributed by atoms with Crippen molar-refractivity contribution >= 4 is 22.8 Å². The third kappa shape index (κ3) is 2.39. The van der Waals surface area contributed by atoms with Crippen molar-refractivity contribution in [3.8, 4) is 0 Å². The van der Waals surface area contributed by atoms with Gasteiger partial charge in [0.25, 0.3) is 0 Å². The highest BCUT2D eigenvalue weighted by molar-refractivity contribution is 7.98. The zero-order chi connectivity index (χ0) is 11.4. The number of hydrogen-bond donors (Lipinski definition) is 2. The molecule has 2 N–H and O–H groups in total. The summed E-state index contributed by atoms with van der Waals surface area (Å²) in [6.07, 6.45) is 5.99. The number of nitrogens with zero attached hydrogens (tertiary/aromatic N) is 1. The van der Waals surface area contributed by atoms with E-state index in [1.807, 2.05) is 24.0 Å².